The Balaban J connectivity index is 0.00000162. The zero-order chi connectivity index (χ0) is 12.8. The van der Waals surface area contributed by atoms with Crippen molar-refractivity contribution in [1.82, 2.24) is 0 Å². The van der Waals surface area contributed by atoms with Crippen LogP contribution in [0.1, 0.15) is 9.67 Å². The van der Waals surface area contributed by atoms with Crippen LogP contribution in [0.4, 0.5) is 0 Å². The third kappa shape index (κ3) is 2.88. The first-order valence-electron chi connectivity index (χ1n) is 4.22. The van der Waals surface area contributed by atoms with E-state index in [1.807, 2.05) is 0 Å². The predicted octanol–water partition coefficient (Wildman–Crippen LogP) is -0.839. The van der Waals surface area contributed by atoms with Crippen molar-refractivity contribution in [3.05, 3.63) is 28.1 Å². The predicted molar refractivity (Wildman–Crippen MR) is 61.8 cm³/mol. The molecule has 2 aromatic rings. The van der Waals surface area contributed by atoms with Gasteiger partial charge in [-0.1, -0.05) is 17.7 Å². The molecule has 0 unspecified atom stereocenters. The number of hydrogen-bond acceptors (Lipinski definition) is 5. The fourth-order valence-electron chi connectivity index (χ4n) is 1.44. The Bertz CT molecular complexity index is 722. The third-order valence-electron chi connectivity index (χ3n) is 2.05. The third-order valence-corrected chi connectivity index (χ3v) is 4.48. The molecule has 1 aromatic carbocycles. The number of carbonyl (C=O) groups is 1. The van der Waals surface area contributed by atoms with Crippen molar-refractivity contribution in [2.75, 3.05) is 0 Å². The van der Waals surface area contributed by atoms with Gasteiger partial charge in [0, 0.05) is 15.1 Å². The van der Waals surface area contributed by atoms with Gasteiger partial charge >= 0.3 is 35.5 Å². The molecule has 0 fully saturated rings. The molecule has 5 nitrogen and oxygen atoms in total. The van der Waals surface area contributed by atoms with Gasteiger partial charge in [-0.05, 0) is 12.1 Å². The van der Waals surface area contributed by atoms with Crippen LogP contribution in [0.2, 0.25) is 5.02 Å². The average Bonchev–Trinajstić information content (AvgIpc) is 2.55. The van der Waals surface area contributed by atoms with Crippen LogP contribution in [0, 0.1) is 0 Å². The molecule has 0 radical (unpaired) electrons. The van der Waals surface area contributed by atoms with Crippen LogP contribution in [0.5, 0.6) is 0 Å². The minimum absolute atomic E-state index is 0. The number of thiophene rings is 1. The molecule has 9 heteroatoms. The number of aromatic carboxylic acids is 1. The molecule has 0 aliphatic carbocycles. The number of rotatable bonds is 2. The van der Waals surface area contributed by atoms with Gasteiger partial charge in [0.15, 0.2) is 0 Å². The summed E-state index contributed by atoms with van der Waals surface area (Å²) in [6.07, 6.45) is 0. The van der Waals surface area contributed by atoms with Crippen molar-refractivity contribution in [2.45, 2.75) is 4.90 Å². The maximum atomic E-state index is 11.1. The summed E-state index contributed by atoms with van der Waals surface area (Å²) in [6.45, 7) is 0. The molecule has 0 spiro atoms. The van der Waals surface area contributed by atoms with Crippen molar-refractivity contribution in [3.8, 4) is 0 Å². The second kappa shape index (κ2) is 5.46. The van der Waals surface area contributed by atoms with E-state index in [4.69, 9.17) is 16.7 Å². The smallest absolute Gasteiger partial charge is 0.744 e. The van der Waals surface area contributed by atoms with Crippen LogP contribution in [-0.4, -0.2) is 24.0 Å². The van der Waals surface area contributed by atoms with E-state index in [1.165, 1.54) is 18.2 Å². The van der Waals surface area contributed by atoms with Crippen molar-refractivity contribution < 1.29 is 52.4 Å². The fraction of sp³-hybridized carbons (Fsp3) is 0. The maximum Gasteiger partial charge on any atom is 1.00 e. The second-order valence-corrected chi connectivity index (χ2v) is 5.97. The summed E-state index contributed by atoms with van der Waals surface area (Å²) in [5, 5.41) is 9.30. The SMILES string of the molecule is O=C(O)c1sc2cc(Cl)ccc2c1S(=O)(=O)[O-].[Na+]. The van der Waals surface area contributed by atoms with Gasteiger partial charge in [-0.25, -0.2) is 13.2 Å². The molecule has 1 N–H and O–H groups in total. The van der Waals surface area contributed by atoms with E-state index in [-0.39, 0.29) is 34.9 Å². The van der Waals surface area contributed by atoms with Gasteiger partial charge in [0.25, 0.3) is 0 Å². The second-order valence-electron chi connectivity index (χ2n) is 3.16. The Kier molecular flexibility index (Phi) is 4.82. The first-order chi connectivity index (χ1) is 7.80. The summed E-state index contributed by atoms with van der Waals surface area (Å²) in [5.41, 5.74) is 0. The molecule has 0 saturated carbocycles. The van der Waals surface area contributed by atoms with Crippen LogP contribution >= 0.6 is 22.9 Å². The van der Waals surface area contributed by atoms with Crippen molar-refractivity contribution in [3.63, 3.8) is 0 Å². The van der Waals surface area contributed by atoms with E-state index in [0.717, 1.165) is 0 Å². The summed E-state index contributed by atoms with van der Waals surface area (Å²) < 4.78 is 33.6. The van der Waals surface area contributed by atoms with Gasteiger partial charge in [-0.15, -0.1) is 11.3 Å². The minimum Gasteiger partial charge on any atom is -0.744 e. The molecule has 18 heavy (non-hydrogen) atoms. The van der Waals surface area contributed by atoms with Crippen LogP contribution in [-0.2, 0) is 10.1 Å². The van der Waals surface area contributed by atoms with Crippen LogP contribution in [0.25, 0.3) is 10.1 Å². The topological polar surface area (TPSA) is 94.5 Å². The van der Waals surface area contributed by atoms with E-state index >= 15 is 0 Å². The quantitative estimate of drug-likeness (QED) is 0.576. The van der Waals surface area contributed by atoms with Crippen LogP contribution in [0.15, 0.2) is 23.1 Å². The number of fused-ring (bicyclic) bond motifs is 1. The standard InChI is InChI=1S/C9H5ClO5S2.Na/c10-4-1-2-5-6(3-4)16-7(9(11)12)8(5)17(13,14)15;/h1-3H,(H,11,12)(H,13,14,15);/q;+1/p-1. The fourth-order valence-corrected chi connectivity index (χ4v) is 3.91. The first kappa shape index (κ1) is 15.9. The summed E-state index contributed by atoms with van der Waals surface area (Å²) in [7, 11) is -4.84. The average molecular weight is 315 g/mol. The minimum atomic E-state index is -4.84. The largest absolute Gasteiger partial charge is 1.00 e. The monoisotopic (exact) mass is 314 g/mol. The molecule has 2 rings (SSSR count). The molecule has 0 saturated heterocycles. The normalized spacial score (nSPS) is 11.2. The summed E-state index contributed by atoms with van der Waals surface area (Å²) >= 11 is 6.42. The molecule has 1 heterocycles. The van der Waals surface area contributed by atoms with E-state index in [9.17, 15) is 17.8 Å². The van der Waals surface area contributed by atoms with Crippen LogP contribution in [0.3, 0.4) is 0 Å². The Morgan fingerprint density at radius 2 is 2.00 bits per heavy atom. The number of carboxylic acids is 1. The number of hydrogen-bond donors (Lipinski definition) is 1. The van der Waals surface area contributed by atoms with E-state index < -0.39 is 25.9 Å². The molecule has 0 aliphatic heterocycles. The summed E-state index contributed by atoms with van der Waals surface area (Å²) in [4.78, 5) is 9.72. The molecule has 0 amide bonds. The van der Waals surface area contributed by atoms with Gasteiger partial charge in [-0.3, -0.25) is 0 Å². The van der Waals surface area contributed by atoms with Gasteiger partial charge in [0.05, 0.1) is 4.90 Å². The van der Waals surface area contributed by atoms with Gasteiger partial charge < -0.3 is 9.66 Å². The Hall–Kier alpha value is -0.150. The molecule has 1 aromatic heterocycles. The summed E-state index contributed by atoms with van der Waals surface area (Å²) in [5.74, 6) is -1.45. The molecule has 0 bridgehead atoms. The molecule has 0 atom stereocenters. The maximum absolute atomic E-state index is 11.1. The molecular formula is C9H4ClNaO5S2. The van der Waals surface area contributed by atoms with E-state index in [1.54, 1.807) is 0 Å². The zero-order valence-corrected chi connectivity index (χ0v) is 13.4. The molecule has 0 aliphatic rings. The Morgan fingerprint density at radius 1 is 1.39 bits per heavy atom. The zero-order valence-electron chi connectivity index (χ0n) is 9.01. The van der Waals surface area contributed by atoms with Crippen LogP contribution < -0.4 is 29.6 Å². The van der Waals surface area contributed by atoms with Crippen molar-refractivity contribution in [2.24, 2.45) is 0 Å². The first-order valence-corrected chi connectivity index (χ1v) is 6.82. The van der Waals surface area contributed by atoms with Crippen molar-refractivity contribution >= 4 is 49.1 Å². The Labute approximate surface area is 133 Å². The van der Waals surface area contributed by atoms with E-state index in [2.05, 4.69) is 0 Å². The molecular weight excluding hydrogens is 311 g/mol. The van der Waals surface area contributed by atoms with Gasteiger partial charge in [0.2, 0.25) is 0 Å². The number of carboxylic acid groups (broad SMARTS) is 1. The number of halogens is 1. The van der Waals surface area contributed by atoms with E-state index in [0.29, 0.717) is 21.1 Å². The number of benzene rings is 1. The Morgan fingerprint density at radius 3 is 2.50 bits per heavy atom. The molecule has 90 valence electrons. The van der Waals surface area contributed by atoms with Gasteiger partial charge in [0.1, 0.15) is 15.0 Å². The summed E-state index contributed by atoms with van der Waals surface area (Å²) in [6, 6.07) is 4.14. The van der Waals surface area contributed by atoms with Crippen molar-refractivity contribution in [1.29, 1.82) is 0 Å². The van der Waals surface area contributed by atoms with Gasteiger partial charge in [-0.2, -0.15) is 0 Å².